The van der Waals surface area contributed by atoms with Gasteiger partial charge in [0, 0.05) is 34.5 Å². The highest BCUT2D eigenvalue weighted by Crippen LogP contribution is 2.47. The molecule has 4 aromatic rings. The van der Waals surface area contributed by atoms with E-state index in [2.05, 4.69) is 32.6 Å². The fourth-order valence-electron chi connectivity index (χ4n) is 5.37. The lowest BCUT2D eigenvalue weighted by atomic mass is 10.0. The Morgan fingerprint density at radius 1 is 1.32 bits per heavy atom. The SMILES string of the molecule is COC(=O)N1CCO[C@@H](Cc2c(-c3c(F)cc(-c4ncc(C5(C(N)=O)CC5)[nH]4)cc3I)nc3cc(C)ccn23)C1. The zero-order chi connectivity index (χ0) is 28.2. The maximum atomic E-state index is 16.0. The predicted octanol–water partition coefficient (Wildman–Crippen LogP) is 3.97. The van der Waals surface area contributed by atoms with Crippen LogP contribution in [0.4, 0.5) is 9.18 Å². The second-order valence-corrected chi connectivity index (χ2v) is 11.5. The minimum absolute atomic E-state index is 0.311. The van der Waals surface area contributed by atoms with Crippen molar-refractivity contribution in [3.05, 3.63) is 63.0 Å². The summed E-state index contributed by atoms with van der Waals surface area (Å²) < 4.78 is 29.5. The number of amides is 2. The first-order valence-electron chi connectivity index (χ1n) is 13.0. The molecule has 40 heavy (non-hydrogen) atoms. The number of halogens is 2. The Bertz CT molecular complexity index is 1620. The number of pyridine rings is 1. The van der Waals surface area contributed by atoms with E-state index in [1.165, 1.54) is 13.2 Å². The highest BCUT2D eigenvalue weighted by molar-refractivity contribution is 14.1. The van der Waals surface area contributed by atoms with Gasteiger partial charge < -0.3 is 29.5 Å². The van der Waals surface area contributed by atoms with Gasteiger partial charge in [-0.1, -0.05) is 0 Å². The van der Waals surface area contributed by atoms with E-state index in [0.717, 1.165) is 11.3 Å². The number of methoxy groups -OCH3 is 1. The van der Waals surface area contributed by atoms with Gasteiger partial charge in [-0.3, -0.25) is 4.79 Å². The van der Waals surface area contributed by atoms with Crippen LogP contribution in [-0.2, 0) is 26.1 Å². The molecule has 1 aliphatic carbocycles. The van der Waals surface area contributed by atoms with Crippen LogP contribution >= 0.6 is 22.6 Å². The molecule has 0 unspecified atom stereocenters. The average Bonchev–Trinajstić information content (AvgIpc) is 3.48. The second-order valence-electron chi connectivity index (χ2n) is 10.4. The summed E-state index contributed by atoms with van der Waals surface area (Å²) in [5, 5.41) is 0. The zero-order valence-electron chi connectivity index (χ0n) is 22.0. The number of nitrogens with zero attached hydrogens (tertiary/aromatic N) is 4. The Hall–Kier alpha value is -3.52. The van der Waals surface area contributed by atoms with Crippen LogP contribution in [0.5, 0.6) is 0 Å². The number of fused-ring (bicyclic) bond motifs is 1. The maximum Gasteiger partial charge on any atom is 0.409 e. The number of H-pyrrole nitrogens is 1. The Morgan fingerprint density at radius 3 is 2.83 bits per heavy atom. The Kier molecular flexibility index (Phi) is 6.77. The molecule has 2 fully saturated rings. The van der Waals surface area contributed by atoms with Crippen LogP contribution < -0.4 is 5.73 Å². The minimum Gasteiger partial charge on any atom is -0.453 e. The molecule has 2 amide bonds. The lowest BCUT2D eigenvalue weighted by molar-refractivity contribution is -0.120. The van der Waals surface area contributed by atoms with Crippen molar-refractivity contribution in [3.8, 4) is 22.6 Å². The van der Waals surface area contributed by atoms with E-state index in [1.54, 1.807) is 11.1 Å². The van der Waals surface area contributed by atoms with Gasteiger partial charge in [-0.2, -0.15) is 0 Å². The molecule has 1 atom stereocenters. The van der Waals surface area contributed by atoms with Crippen molar-refractivity contribution in [2.75, 3.05) is 26.8 Å². The average molecular weight is 658 g/mol. The van der Waals surface area contributed by atoms with Crippen molar-refractivity contribution in [1.82, 2.24) is 24.3 Å². The lowest BCUT2D eigenvalue weighted by Crippen LogP contribution is -2.46. The number of morpholine rings is 1. The van der Waals surface area contributed by atoms with Crippen molar-refractivity contribution in [3.63, 3.8) is 0 Å². The number of primary amides is 1. The Balaban J connectivity index is 1.38. The van der Waals surface area contributed by atoms with E-state index in [-0.39, 0.29) is 12.0 Å². The molecule has 1 saturated carbocycles. The number of ether oxygens (including phenoxy) is 2. The number of aryl methyl sites for hydroxylation is 1. The number of imidazole rings is 2. The molecule has 1 aromatic carbocycles. The van der Waals surface area contributed by atoms with Gasteiger partial charge in [0.05, 0.1) is 54.4 Å². The summed E-state index contributed by atoms with van der Waals surface area (Å²) >= 11 is 2.12. The first kappa shape index (κ1) is 26.7. The quantitative estimate of drug-likeness (QED) is 0.302. The first-order valence-corrected chi connectivity index (χ1v) is 14.1. The predicted molar refractivity (Wildman–Crippen MR) is 153 cm³/mol. The number of aromatic nitrogens is 4. The Morgan fingerprint density at radius 2 is 2.12 bits per heavy atom. The second kappa shape index (κ2) is 10.1. The summed E-state index contributed by atoms with van der Waals surface area (Å²) in [6, 6.07) is 7.20. The standard InChI is InChI=1S/C28H28FIN6O4/c1-15-3-6-36-20(12-17-14-35(7-8-40-17)27(38)39-2)24(34-22(36)9-15)23-18(29)10-16(11-19(23)30)25-32-13-21(33-25)28(4-5-28)26(31)37/h3,6,9-11,13,17H,4-5,7-8,12,14H2,1-2H3,(H2,31,37)(H,32,33)/t17-/m0/s1. The molecule has 12 heteroatoms. The van der Waals surface area contributed by atoms with Crippen LogP contribution in [0.15, 0.2) is 36.7 Å². The molecule has 10 nitrogen and oxygen atoms in total. The van der Waals surface area contributed by atoms with Crippen LogP contribution in [0.3, 0.4) is 0 Å². The summed E-state index contributed by atoms with van der Waals surface area (Å²) in [5.41, 5.74) is 9.52. The number of hydrogen-bond acceptors (Lipinski definition) is 6. The number of nitrogens with one attached hydrogen (secondary N) is 1. The van der Waals surface area contributed by atoms with E-state index >= 15 is 4.39 Å². The minimum atomic E-state index is -0.703. The van der Waals surface area contributed by atoms with E-state index < -0.39 is 17.3 Å². The van der Waals surface area contributed by atoms with Crippen molar-refractivity contribution < 1.29 is 23.5 Å². The van der Waals surface area contributed by atoms with Gasteiger partial charge in [-0.15, -0.1) is 0 Å². The van der Waals surface area contributed by atoms with Crippen LogP contribution in [-0.4, -0.2) is 69.2 Å². The molecule has 1 saturated heterocycles. The molecule has 3 aromatic heterocycles. The van der Waals surface area contributed by atoms with Crippen LogP contribution in [0.1, 0.15) is 29.8 Å². The third kappa shape index (κ3) is 4.62. The molecule has 0 bridgehead atoms. The highest BCUT2D eigenvalue weighted by Gasteiger charge is 2.51. The van der Waals surface area contributed by atoms with E-state index in [9.17, 15) is 9.59 Å². The smallest absolute Gasteiger partial charge is 0.409 e. The number of hydrogen-bond donors (Lipinski definition) is 2. The summed E-state index contributed by atoms with van der Waals surface area (Å²) in [6.45, 7) is 3.17. The molecule has 1 aliphatic heterocycles. The molecule has 4 heterocycles. The van der Waals surface area contributed by atoms with Gasteiger partial charge in [0.1, 0.15) is 17.3 Å². The molecule has 3 N–H and O–H groups in total. The molecule has 2 aliphatic rings. The van der Waals surface area contributed by atoms with Crippen molar-refractivity contribution >= 4 is 40.2 Å². The van der Waals surface area contributed by atoms with Gasteiger partial charge in [0.25, 0.3) is 0 Å². The lowest BCUT2D eigenvalue weighted by Gasteiger charge is -2.32. The normalized spacial score (nSPS) is 18.2. The molecular weight excluding hydrogens is 630 g/mol. The highest BCUT2D eigenvalue weighted by atomic mass is 127. The molecule has 0 radical (unpaired) electrons. The molecular formula is C28H28FIN6O4. The monoisotopic (exact) mass is 658 g/mol. The van der Waals surface area contributed by atoms with Crippen molar-refractivity contribution in [2.45, 2.75) is 37.7 Å². The number of carbonyl (C=O) groups excluding carboxylic acids is 2. The fraction of sp³-hybridized carbons (Fsp3) is 0.357. The largest absolute Gasteiger partial charge is 0.453 e. The third-order valence-corrected chi connectivity index (χ3v) is 8.59. The summed E-state index contributed by atoms with van der Waals surface area (Å²) in [6.07, 6.45) is 4.59. The van der Waals surface area contributed by atoms with Gasteiger partial charge in [0.2, 0.25) is 5.91 Å². The molecule has 0 spiro atoms. The summed E-state index contributed by atoms with van der Waals surface area (Å²) in [7, 11) is 1.36. The number of nitrogens with two attached hydrogens (primary N) is 1. The fourth-order valence-corrected chi connectivity index (χ4v) is 6.22. The van der Waals surface area contributed by atoms with E-state index in [0.29, 0.717) is 76.5 Å². The van der Waals surface area contributed by atoms with Crippen LogP contribution in [0.2, 0.25) is 0 Å². The number of rotatable bonds is 6. The van der Waals surface area contributed by atoms with E-state index in [4.69, 9.17) is 20.2 Å². The van der Waals surface area contributed by atoms with Gasteiger partial charge in [0.15, 0.2) is 0 Å². The third-order valence-electron chi connectivity index (χ3n) is 7.74. The molecule has 6 rings (SSSR count). The first-order chi connectivity index (χ1) is 19.2. The summed E-state index contributed by atoms with van der Waals surface area (Å²) in [5.74, 6) is -0.363. The zero-order valence-corrected chi connectivity index (χ0v) is 24.2. The van der Waals surface area contributed by atoms with Crippen molar-refractivity contribution in [2.24, 2.45) is 5.73 Å². The Labute approximate surface area is 243 Å². The van der Waals surface area contributed by atoms with Crippen LogP contribution in [0, 0.1) is 16.3 Å². The number of carbonyl (C=O) groups is 2. The number of aromatic amines is 1. The summed E-state index contributed by atoms with van der Waals surface area (Å²) in [4.78, 5) is 38.1. The molecule has 208 valence electrons. The van der Waals surface area contributed by atoms with Gasteiger partial charge in [-0.05, 0) is 72.2 Å². The van der Waals surface area contributed by atoms with Crippen LogP contribution in [0.25, 0.3) is 28.3 Å². The maximum absolute atomic E-state index is 16.0. The van der Waals surface area contributed by atoms with Crippen molar-refractivity contribution in [1.29, 1.82) is 0 Å². The number of benzene rings is 1. The van der Waals surface area contributed by atoms with E-state index in [1.807, 2.05) is 35.7 Å². The topological polar surface area (TPSA) is 128 Å². The van der Waals surface area contributed by atoms with Gasteiger partial charge in [-0.25, -0.2) is 19.2 Å². The van der Waals surface area contributed by atoms with Gasteiger partial charge >= 0.3 is 6.09 Å².